The number of hydrogen-bond donors (Lipinski definition) is 0. The maximum absolute atomic E-state index is 11.5. The molecule has 3 aromatic rings. The molecule has 0 aliphatic carbocycles. The van der Waals surface area contributed by atoms with Gasteiger partial charge in [0.15, 0.2) is 9.84 Å². The second-order valence-electron chi connectivity index (χ2n) is 4.97. The van der Waals surface area contributed by atoms with E-state index in [2.05, 4.69) is 40.2 Å². The summed E-state index contributed by atoms with van der Waals surface area (Å²) in [5.41, 5.74) is 2.20. The Morgan fingerprint density at radius 1 is 0.773 bits per heavy atom. The van der Waals surface area contributed by atoms with E-state index in [1.54, 1.807) is 23.5 Å². The van der Waals surface area contributed by atoms with Gasteiger partial charge >= 0.3 is 0 Å². The second-order valence-corrected chi connectivity index (χ2v) is 8.98. The lowest BCUT2D eigenvalue weighted by molar-refractivity contribution is 0.602. The third-order valence-corrected chi connectivity index (χ3v) is 6.14. The number of halogens is 1. The molecule has 0 radical (unpaired) electrons. The quantitative estimate of drug-likeness (QED) is 0.609. The van der Waals surface area contributed by atoms with Crippen molar-refractivity contribution in [2.75, 3.05) is 6.26 Å². The number of hydrogen-bond acceptors (Lipinski definition) is 3. The van der Waals surface area contributed by atoms with E-state index >= 15 is 0 Å². The Morgan fingerprint density at radius 3 is 1.68 bits per heavy atom. The van der Waals surface area contributed by atoms with Crippen molar-refractivity contribution in [2.24, 2.45) is 0 Å². The van der Waals surface area contributed by atoms with Gasteiger partial charge < -0.3 is 0 Å². The van der Waals surface area contributed by atoms with Crippen molar-refractivity contribution < 1.29 is 8.42 Å². The first kappa shape index (κ1) is 15.5. The van der Waals surface area contributed by atoms with E-state index in [0.717, 1.165) is 14.9 Å². The molecule has 0 amide bonds. The lowest BCUT2D eigenvalue weighted by Crippen LogP contribution is -1.95. The molecule has 0 N–H and O–H groups in total. The van der Waals surface area contributed by atoms with Gasteiger partial charge in [-0.25, -0.2) is 8.42 Å². The van der Waals surface area contributed by atoms with Crippen molar-refractivity contribution in [3.05, 3.63) is 65.1 Å². The van der Waals surface area contributed by atoms with Crippen LogP contribution in [0.1, 0.15) is 0 Å². The highest BCUT2D eigenvalue weighted by Crippen LogP contribution is 2.35. The number of sulfone groups is 1. The lowest BCUT2D eigenvalue weighted by atomic mass is 10.1. The molecule has 0 aliphatic heterocycles. The first-order valence-corrected chi connectivity index (χ1v) is 10.1. The summed E-state index contributed by atoms with van der Waals surface area (Å²) in [7, 11) is -3.14. The Hall–Kier alpha value is -1.43. The molecule has 0 saturated carbocycles. The van der Waals surface area contributed by atoms with Crippen LogP contribution in [0.25, 0.3) is 20.9 Å². The van der Waals surface area contributed by atoms with Gasteiger partial charge in [0.05, 0.1) is 4.90 Å². The van der Waals surface area contributed by atoms with Crippen LogP contribution >= 0.6 is 27.3 Å². The van der Waals surface area contributed by atoms with Crippen LogP contribution in [0.5, 0.6) is 0 Å². The standard InChI is InChI=1S/C17H13BrO2S2/c1-22(19,20)15-8-4-13(5-9-15)17-11-10-16(21-17)12-2-6-14(18)7-3-12/h2-11H,1H3. The maximum Gasteiger partial charge on any atom is 0.175 e. The number of thiophene rings is 1. The second kappa shape index (κ2) is 5.99. The summed E-state index contributed by atoms with van der Waals surface area (Å²) in [5.74, 6) is 0. The predicted molar refractivity (Wildman–Crippen MR) is 96.0 cm³/mol. The first-order valence-electron chi connectivity index (χ1n) is 6.60. The zero-order valence-corrected chi connectivity index (χ0v) is 15.0. The molecule has 112 valence electrons. The highest BCUT2D eigenvalue weighted by atomic mass is 79.9. The molecule has 0 unspecified atom stereocenters. The summed E-state index contributed by atoms with van der Waals surface area (Å²) >= 11 is 5.13. The summed E-state index contributed by atoms with van der Waals surface area (Å²) in [6.45, 7) is 0. The zero-order valence-electron chi connectivity index (χ0n) is 11.8. The largest absolute Gasteiger partial charge is 0.224 e. The molecule has 0 saturated heterocycles. The molecule has 0 fully saturated rings. The van der Waals surface area contributed by atoms with E-state index in [4.69, 9.17) is 0 Å². The van der Waals surface area contributed by atoms with Gasteiger partial charge in [-0.2, -0.15) is 0 Å². The molecule has 0 spiro atoms. The number of rotatable bonds is 3. The van der Waals surface area contributed by atoms with Crippen LogP contribution in [-0.4, -0.2) is 14.7 Å². The zero-order chi connectivity index (χ0) is 15.7. The van der Waals surface area contributed by atoms with E-state index in [9.17, 15) is 8.42 Å². The van der Waals surface area contributed by atoms with Crippen molar-refractivity contribution in [2.45, 2.75) is 4.90 Å². The smallest absolute Gasteiger partial charge is 0.175 e. The SMILES string of the molecule is CS(=O)(=O)c1ccc(-c2ccc(-c3ccc(Br)cc3)s2)cc1. The maximum atomic E-state index is 11.5. The normalized spacial score (nSPS) is 11.5. The number of benzene rings is 2. The highest BCUT2D eigenvalue weighted by Gasteiger charge is 2.09. The van der Waals surface area contributed by atoms with Crippen molar-refractivity contribution in [3.8, 4) is 20.9 Å². The van der Waals surface area contributed by atoms with E-state index in [1.807, 2.05) is 24.3 Å². The van der Waals surface area contributed by atoms with Crippen LogP contribution in [0, 0.1) is 0 Å². The van der Waals surface area contributed by atoms with Gasteiger partial charge in [-0.05, 0) is 47.5 Å². The van der Waals surface area contributed by atoms with Gasteiger partial charge in [0, 0.05) is 20.5 Å². The van der Waals surface area contributed by atoms with Gasteiger partial charge in [-0.1, -0.05) is 40.2 Å². The van der Waals surface area contributed by atoms with Gasteiger partial charge in [0.25, 0.3) is 0 Å². The minimum atomic E-state index is -3.14. The van der Waals surface area contributed by atoms with Crippen LogP contribution in [0.3, 0.4) is 0 Å². The Balaban J connectivity index is 1.92. The summed E-state index contributed by atoms with van der Waals surface area (Å²) in [6, 6.07) is 19.4. The Morgan fingerprint density at radius 2 is 1.23 bits per heavy atom. The van der Waals surface area contributed by atoms with Crippen molar-refractivity contribution in [3.63, 3.8) is 0 Å². The predicted octanol–water partition coefficient (Wildman–Crippen LogP) is 5.25. The molecule has 0 atom stereocenters. The summed E-state index contributed by atoms with van der Waals surface area (Å²) in [5, 5.41) is 0. The summed E-state index contributed by atoms with van der Waals surface area (Å²) in [6.07, 6.45) is 1.22. The minimum Gasteiger partial charge on any atom is -0.224 e. The van der Waals surface area contributed by atoms with Crippen molar-refractivity contribution in [1.82, 2.24) is 0 Å². The van der Waals surface area contributed by atoms with Crippen molar-refractivity contribution in [1.29, 1.82) is 0 Å². The van der Waals surface area contributed by atoms with E-state index in [1.165, 1.54) is 16.7 Å². The van der Waals surface area contributed by atoms with Crippen molar-refractivity contribution >= 4 is 37.1 Å². The third kappa shape index (κ3) is 3.32. The highest BCUT2D eigenvalue weighted by molar-refractivity contribution is 9.10. The Labute approximate surface area is 142 Å². The molecule has 3 rings (SSSR count). The average molecular weight is 393 g/mol. The molecular formula is C17H13BrO2S2. The molecule has 5 heteroatoms. The van der Waals surface area contributed by atoms with Crippen LogP contribution in [-0.2, 0) is 9.84 Å². The van der Waals surface area contributed by atoms with E-state index in [-0.39, 0.29) is 0 Å². The van der Waals surface area contributed by atoms with Crippen LogP contribution < -0.4 is 0 Å². The van der Waals surface area contributed by atoms with Gasteiger partial charge in [-0.15, -0.1) is 11.3 Å². The molecule has 1 aromatic heterocycles. The van der Waals surface area contributed by atoms with Crippen LogP contribution in [0.2, 0.25) is 0 Å². The van der Waals surface area contributed by atoms with E-state index < -0.39 is 9.84 Å². The molecule has 2 aromatic carbocycles. The van der Waals surface area contributed by atoms with Gasteiger partial charge in [-0.3, -0.25) is 0 Å². The minimum absolute atomic E-state index is 0.348. The monoisotopic (exact) mass is 392 g/mol. The Kier molecular flexibility index (Phi) is 4.21. The fourth-order valence-corrected chi connectivity index (χ4v) is 4.04. The molecule has 0 aliphatic rings. The van der Waals surface area contributed by atoms with Crippen LogP contribution in [0.4, 0.5) is 0 Å². The average Bonchev–Trinajstić information content (AvgIpc) is 2.97. The lowest BCUT2D eigenvalue weighted by Gasteiger charge is -2.01. The Bertz CT molecular complexity index is 893. The fraction of sp³-hybridized carbons (Fsp3) is 0.0588. The molecular weight excluding hydrogens is 380 g/mol. The topological polar surface area (TPSA) is 34.1 Å². The summed E-state index contributed by atoms with van der Waals surface area (Å²) in [4.78, 5) is 2.66. The van der Waals surface area contributed by atoms with Gasteiger partial charge in [0.1, 0.15) is 0 Å². The van der Waals surface area contributed by atoms with Gasteiger partial charge in [0.2, 0.25) is 0 Å². The van der Waals surface area contributed by atoms with E-state index in [0.29, 0.717) is 4.90 Å². The molecule has 2 nitrogen and oxygen atoms in total. The molecule has 1 heterocycles. The third-order valence-electron chi connectivity index (χ3n) is 3.30. The summed E-state index contributed by atoms with van der Waals surface area (Å²) < 4.78 is 24.1. The molecule has 0 bridgehead atoms. The van der Waals surface area contributed by atoms with Crippen LogP contribution in [0.15, 0.2) is 70.0 Å². The first-order chi connectivity index (χ1) is 10.4. The fourth-order valence-electron chi connectivity index (χ4n) is 2.13. The molecule has 22 heavy (non-hydrogen) atoms.